The lowest BCUT2D eigenvalue weighted by molar-refractivity contribution is -0.140. The number of nitrogens with one attached hydrogen (secondary N) is 4. The maximum Gasteiger partial charge on any atom is 0.289 e. The van der Waals surface area contributed by atoms with Gasteiger partial charge in [0.25, 0.3) is 5.91 Å². The van der Waals surface area contributed by atoms with Crippen molar-refractivity contribution in [1.82, 2.24) is 26.2 Å². The van der Waals surface area contributed by atoms with Crippen molar-refractivity contribution >= 4 is 29.4 Å². The molecule has 1 heterocycles. The topological polar surface area (TPSA) is 155 Å². The molecule has 3 aromatic rings. The quantitative estimate of drug-likeness (QED) is 0.168. The molecule has 1 fully saturated rings. The Morgan fingerprint density at radius 2 is 1.29 bits per heavy atom. The Bertz CT molecular complexity index is 1510. The molecule has 4 rings (SSSR count). The number of carbonyl (C=O) groups is 5. The number of carbonyl (C=O) groups excluding carboxylic acids is 5. The maximum absolute atomic E-state index is 13.9. The minimum Gasteiger partial charge on any atom is -0.497 e. The van der Waals surface area contributed by atoms with Crippen LogP contribution in [0.1, 0.15) is 23.6 Å². The van der Waals surface area contributed by atoms with Gasteiger partial charge in [0.1, 0.15) is 23.9 Å². The van der Waals surface area contributed by atoms with Crippen LogP contribution >= 0.6 is 0 Å². The molecule has 0 aromatic heterocycles. The van der Waals surface area contributed by atoms with E-state index in [0.29, 0.717) is 37.6 Å². The molecule has 254 valence electrons. The number of nitrogens with zero attached hydrogens (tertiary/aromatic N) is 1. The number of benzene rings is 3. The number of ketones is 1. The minimum atomic E-state index is -1.21. The van der Waals surface area contributed by atoms with E-state index in [-0.39, 0.29) is 31.8 Å². The predicted octanol–water partition coefficient (Wildman–Crippen LogP) is 1.17. The van der Waals surface area contributed by atoms with Crippen LogP contribution in [0.5, 0.6) is 5.75 Å². The van der Waals surface area contributed by atoms with Gasteiger partial charge < -0.3 is 30.7 Å². The van der Waals surface area contributed by atoms with Crippen molar-refractivity contribution < 1.29 is 33.4 Å². The summed E-state index contributed by atoms with van der Waals surface area (Å²) in [5, 5.41) is 10.8. The van der Waals surface area contributed by atoms with Crippen molar-refractivity contribution in [3.8, 4) is 5.75 Å². The van der Waals surface area contributed by atoms with E-state index in [1.165, 1.54) is 6.92 Å². The summed E-state index contributed by atoms with van der Waals surface area (Å²) in [4.78, 5) is 68.3. The number of methoxy groups -OCH3 is 1. The number of morpholine rings is 1. The molecule has 0 radical (unpaired) electrons. The molecule has 0 aliphatic carbocycles. The zero-order valence-electron chi connectivity index (χ0n) is 27.3. The standard InChI is InChI=1S/C36H43N5O7/c1-25(38-32(42)24-41-17-19-48-20-18-41)34(44)40-31(22-27-13-15-29(47-2)16-14-27)35(45)39-30(21-26-9-5-3-6-10-26)33(43)36(46)37-23-28-11-7-4-8-12-28/h3-16,25,30-31H,17-24H2,1-2H3,(H,37,46)(H,38,42)(H,39,45)(H,40,44)/t25-,30-,31-/m0/s1. The van der Waals surface area contributed by atoms with Crippen LogP contribution in [-0.2, 0) is 48.1 Å². The van der Waals surface area contributed by atoms with Crippen LogP contribution in [0.25, 0.3) is 0 Å². The first-order chi connectivity index (χ1) is 23.2. The van der Waals surface area contributed by atoms with Gasteiger partial charge in [0.2, 0.25) is 23.5 Å². The fourth-order valence-corrected chi connectivity index (χ4v) is 5.17. The molecular weight excluding hydrogens is 614 g/mol. The van der Waals surface area contributed by atoms with Crippen molar-refractivity contribution in [3.05, 3.63) is 102 Å². The molecule has 4 amide bonds. The summed E-state index contributed by atoms with van der Waals surface area (Å²) >= 11 is 0. The monoisotopic (exact) mass is 657 g/mol. The Balaban J connectivity index is 1.48. The van der Waals surface area contributed by atoms with E-state index in [4.69, 9.17) is 9.47 Å². The van der Waals surface area contributed by atoms with E-state index in [1.807, 2.05) is 41.3 Å². The van der Waals surface area contributed by atoms with Crippen molar-refractivity contribution in [3.63, 3.8) is 0 Å². The van der Waals surface area contributed by atoms with E-state index in [2.05, 4.69) is 21.3 Å². The van der Waals surface area contributed by atoms with Gasteiger partial charge in [-0.15, -0.1) is 0 Å². The maximum atomic E-state index is 13.9. The molecule has 3 atom stereocenters. The molecule has 4 N–H and O–H groups in total. The Labute approximate surface area is 280 Å². The summed E-state index contributed by atoms with van der Waals surface area (Å²) in [5.74, 6) is -2.60. The molecule has 3 aromatic carbocycles. The highest BCUT2D eigenvalue weighted by molar-refractivity contribution is 6.38. The Hall–Kier alpha value is -5.07. The van der Waals surface area contributed by atoms with Gasteiger partial charge >= 0.3 is 0 Å². The van der Waals surface area contributed by atoms with Gasteiger partial charge in [-0.25, -0.2) is 0 Å². The largest absolute Gasteiger partial charge is 0.497 e. The normalized spacial score (nSPS) is 14.9. The number of hydrogen-bond acceptors (Lipinski definition) is 8. The SMILES string of the molecule is COc1ccc(C[C@H](NC(=O)[C@H](C)NC(=O)CN2CCOCC2)C(=O)N[C@@H](Cc2ccccc2)C(=O)C(=O)NCc2ccccc2)cc1. The van der Waals surface area contributed by atoms with Crippen molar-refractivity contribution in [2.24, 2.45) is 0 Å². The van der Waals surface area contributed by atoms with Gasteiger partial charge in [0.15, 0.2) is 0 Å². The van der Waals surface area contributed by atoms with Crippen molar-refractivity contribution in [2.75, 3.05) is 40.0 Å². The third kappa shape index (κ3) is 11.3. The average Bonchev–Trinajstić information content (AvgIpc) is 3.11. The molecule has 12 nitrogen and oxygen atoms in total. The summed E-state index contributed by atoms with van der Waals surface area (Å²) in [6, 6.07) is 21.9. The van der Waals surface area contributed by atoms with Crippen molar-refractivity contribution in [1.29, 1.82) is 0 Å². The Morgan fingerprint density at radius 1 is 0.729 bits per heavy atom. The van der Waals surface area contributed by atoms with E-state index < -0.39 is 41.6 Å². The zero-order valence-corrected chi connectivity index (χ0v) is 27.3. The van der Waals surface area contributed by atoms with Crippen LogP contribution in [0.3, 0.4) is 0 Å². The van der Waals surface area contributed by atoms with Crippen LogP contribution < -0.4 is 26.0 Å². The molecule has 1 aliphatic rings. The molecule has 0 spiro atoms. The summed E-state index contributed by atoms with van der Waals surface area (Å²) in [6.07, 6.45) is 0.129. The van der Waals surface area contributed by atoms with Gasteiger partial charge in [0, 0.05) is 32.5 Å². The van der Waals surface area contributed by atoms with Gasteiger partial charge in [-0.2, -0.15) is 0 Å². The van der Waals surface area contributed by atoms with Gasteiger partial charge in [-0.1, -0.05) is 72.8 Å². The molecular formula is C36H43N5O7. The smallest absolute Gasteiger partial charge is 0.289 e. The van der Waals surface area contributed by atoms with Crippen LogP contribution in [0.2, 0.25) is 0 Å². The number of ether oxygens (including phenoxy) is 2. The average molecular weight is 658 g/mol. The Kier molecular flexibility index (Phi) is 13.7. The van der Waals surface area contributed by atoms with E-state index >= 15 is 0 Å². The summed E-state index contributed by atoms with van der Waals surface area (Å²) in [6.45, 7) is 4.10. The first-order valence-electron chi connectivity index (χ1n) is 15.9. The fourth-order valence-electron chi connectivity index (χ4n) is 5.17. The highest BCUT2D eigenvalue weighted by Gasteiger charge is 2.31. The van der Waals surface area contributed by atoms with Gasteiger partial charge in [0.05, 0.1) is 26.9 Å². The first kappa shape index (κ1) is 35.8. The molecule has 1 saturated heterocycles. The molecule has 48 heavy (non-hydrogen) atoms. The summed E-state index contributed by atoms with van der Waals surface area (Å²) in [7, 11) is 1.54. The highest BCUT2D eigenvalue weighted by Crippen LogP contribution is 2.14. The Morgan fingerprint density at radius 3 is 1.92 bits per heavy atom. The lowest BCUT2D eigenvalue weighted by Gasteiger charge is -2.27. The minimum absolute atomic E-state index is 0.0569. The fraction of sp³-hybridized carbons (Fsp3) is 0.361. The van der Waals surface area contributed by atoms with E-state index in [9.17, 15) is 24.0 Å². The third-order valence-corrected chi connectivity index (χ3v) is 7.91. The summed E-state index contributed by atoms with van der Waals surface area (Å²) in [5.41, 5.74) is 2.27. The lowest BCUT2D eigenvalue weighted by Crippen LogP contribution is -2.57. The number of hydrogen-bond donors (Lipinski definition) is 4. The number of rotatable bonds is 16. The van der Waals surface area contributed by atoms with Gasteiger partial charge in [-0.3, -0.25) is 28.9 Å². The van der Waals surface area contributed by atoms with E-state index in [1.54, 1.807) is 55.6 Å². The van der Waals surface area contributed by atoms with Crippen LogP contribution in [-0.4, -0.2) is 92.4 Å². The first-order valence-corrected chi connectivity index (χ1v) is 15.9. The number of Topliss-reactive ketones (excluding diaryl/α,β-unsaturated/α-hetero) is 1. The van der Waals surface area contributed by atoms with Crippen LogP contribution in [0.4, 0.5) is 0 Å². The zero-order chi connectivity index (χ0) is 34.3. The molecule has 1 aliphatic heterocycles. The van der Waals surface area contributed by atoms with Crippen molar-refractivity contribution in [2.45, 2.75) is 44.4 Å². The molecule has 12 heteroatoms. The third-order valence-electron chi connectivity index (χ3n) is 7.91. The van der Waals surface area contributed by atoms with Crippen LogP contribution in [0.15, 0.2) is 84.9 Å². The van der Waals surface area contributed by atoms with E-state index in [0.717, 1.165) is 11.1 Å². The lowest BCUT2D eigenvalue weighted by atomic mass is 9.99. The second kappa shape index (κ2) is 18.3. The van der Waals surface area contributed by atoms with Gasteiger partial charge in [-0.05, 0) is 35.7 Å². The molecule has 0 bridgehead atoms. The predicted molar refractivity (Wildman–Crippen MR) is 179 cm³/mol. The summed E-state index contributed by atoms with van der Waals surface area (Å²) < 4.78 is 10.6. The molecule has 0 saturated carbocycles. The highest BCUT2D eigenvalue weighted by atomic mass is 16.5. The molecule has 0 unspecified atom stereocenters. The van der Waals surface area contributed by atoms with Crippen LogP contribution in [0, 0.1) is 0 Å². The second-order valence-corrected chi connectivity index (χ2v) is 11.6. The number of amides is 4. The second-order valence-electron chi connectivity index (χ2n) is 11.6.